The SMILES string of the molecule is COc1ccc(C(=O)N2CC=C(c3ccccc3)CC2)cc1OC. The second-order valence-corrected chi connectivity index (χ2v) is 5.67. The molecule has 4 heteroatoms. The molecule has 1 heterocycles. The van der Waals surface area contributed by atoms with E-state index in [-0.39, 0.29) is 5.91 Å². The summed E-state index contributed by atoms with van der Waals surface area (Å²) in [6.45, 7) is 1.34. The minimum absolute atomic E-state index is 0.0133. The topological polar surface area (TPSA) is 38.8 Å². The molecule has 0 aromatic heterocycles. The minimum atomic E-state index is 0.0133. The molecule has 4 nitrogen and oxygen atoms in total. The van der Waals surface area contributed by atoms with Crippen LogP contribution in [0.1, 0.15) is 22.3 Å². The van der Waals surface area contributed by atoms with Crippen molar-refractivity contribution < 1.29 is 14.3 Å². The summed E-state index contributed by atoms with van der Waals surface area (Å²) in [5, 5.41) is 0. The van der Waals surface area contributed by atoms with Crippen LogP contribution in [0, 0.1) is 0 Å². The highest BCUT2D eigenvalue weighted by Gasteiger charge is 2.20. The number of hydrogen-bond donors (Lipinski definition) is 0. The average molecular weight is 323 g/mol. The highest BCUT2D eigenvalue weighted by atomic mass is 16.5. The maximum absolute atomic E-state index is 12.7. The van der Waals surface area contributed by atoms with Crippen LogP contribution in [0.15, 0.2) is 54.6 Å². The second kappa shape index (κ2) is 7.21. The Morgan fingerprint density at radius 2 is 1.75 bits per heavy atom. The molecule has 0 bridgehead atoms. The first-order valence-corrected chi connectivity index (χ1v) is 7.98. The van der Waals surface area contributed by atoms with Crippen LogP contribution in [-0.4, -0.2) is 38.1 Å². The summed E-state index contributed by atoms with van der Waals surface area (Å²) in [6.07, 6.45) is 3.00. The quantitative estimate of drug-likeness (QED) is 0.862. The van der Waals surface area contributed by atoms with E-state index in [4.69, 9.17) is 9.47 Å². The maximum Gasteiger partial charge on any atom is 0.254 e. The Bertz CT molecular complexity index is 753. The Kier molecular flexibility index (Phi) is 4.85. The lowest BCUT2D eigenvalue weighted by atomic mass is 9.99. The van der Waals surface area contributed by atoms with E-state index in [0.717, 1.165) is 6.42 Å². The predicted molar refractivity (Wildman–Crippen MR) is 94.5 cm³/mol. The molecule has 0 saturated heterocycles. The van der Waals surface area contributed by atoms with Gasteiger partial charge in [-0.2, -0.15) is 0 Å². The molecule has 3 rings (SSSR count). The third-order valence-corrected chi connectivity index (χ3v) is 4.27. The summed E-state index contributed by atoms with van der Waals surface area (Å²) < 4.78 is 10.5. The van der Waals surface area contributed by atoms with E-state index in [1.54, 1.807) is 32.4 Å². The number of rotatable bonds is 4. The van der Waals surface area contributed by atoms with Gasteiger partial charge in [0.05, 0.1) is 14.2 Å². The van der Waals surface area contributed by atoms with Crippen molar-refractivity contribution in [3.8, 4) is 11.5 Å². The van der Waals surface area contributed by atoms with Crippen molar-refractivity contribution in [1.82, 2.24) is 4.90 Å². The number of carbonyl (C=O) groups is 1. The summed E-state index contributed by atoms with van der Waals surface area (Å²) in [7, 11) is 3.15. The zero-order valence-electron chi connectivity index (χ0n) is 14.0. The van der Waals surface area contributed by atoms with Crippen LogP contribution < -0.4 is 9.47 Å². The van der Waals surface area contributed by atoms with Crippen LogP contribution in [0.2, 0.25) is 0 Å². The third kappa shape index (κ3) is 3.27. The van der Waals surface area contributed by atoms with Gasteiger partial charge >= 0.3 is 0 Å². The van der Waals surface area contributed by atoms with Gasteiger partial charge in [-0.3, -0.25) is 4.79 Å². The van der Waals surface area contributed by atoms with Crippen molar-refractivity contribution in [3.05, 3.63) is 65.7 Å². The van der Waals surface area contributed by atoms with E-state index in [9.17, 15) is 4.79 Å². The van der Waals surface area contributed by atoms with E-state index < -0.39 is 0 Å². The zero-order valence-corrected chi connectivity index (χ0v) is 14.0. The summed E-state index contributed by atoms with van der Waals surface area (Å²) >= 11 is 0. The Morgan fingerprint density at radius 3 is 2.38 bits per heavy atom. The lowest BCUT2D eigenvalue weighted by Crippen LogP contribution is -2.34. The lowest BCUT2D eigenvalue weighted by molar-refractivity contribution is 0.0772. The molecule has 24 heavy (non-hydrogen) atoms. The molecular weight excluding hydrogens is 302 g/mol. The number of benzene rings is 2. The highest BCUT2D eigenvalue weighted by Crippen LogP contribution is 2.29. The normalized spacial score (nSPS) is 14.1. The van der Waals surface area contributed by atoms with Crippen LogP contribution in [0.5, 0.6) is 11.5 Å². The van der Waals surface area contributed by atoms with Crippen LogP contribution in [0.3, 0.4) is 0 Å². The first-order chi connectivity index (χ1) is 11.7. The van der Waals surface area contributed by atoms with Gasteiger partial charge in [-0.1, -0.05) is 36.4 Å². The predicted octanol–water partition coefficient (Wildman–Crippen LogP) is 3.63. The van der Waals surface area contributed by atoms with E-state index in [1.807, 2.05) is 23.1 Å². The Hall–Kier alpha value is -2.75. The van der Waals surface area contributed by atoms with E-state index >= 15 is 0 Å². The van der Waals surface area contributed by atoms with Gasteiger partial charge < -0.3 is 14.4 Å². The molecule has 1 aliphatic rings. The first kappa shape index (κ1) is 16.1. The van der Waals surface area contributed by atoms with Crippen molar-refractivity contribution in [3.63, 3.8) is 0 Å². The molecule has 0 fully saturated rings. The minimum Gasteiger partial charge on any atom is -0.493 e. The summed E-state index contributed by atoms with van der Waals surface area (Å²) in [4.78, 5) is 14.6. The molecule has 0 saturated carbocycles. The lowest BCUT2D eigenvalue weighted by Gasteiger charge is -2.27. The molecule has 0 aliphatic carbocycles. The van der Waals surface area contributed by atoms with Crippen molar-refractivity contribution in [2.24, 2.45) is 0 Å². The molecule has 1 aliphatic heterocycles. The van der Waals surface area contributed by atoms with E-state index in [2.05, 4.69) is 18.2 Å². The molecule has 0 atom stereocenters. The number of carbonyl (C=O) groups excluding carboxylic acids is 1. The van der Waals surface area contributed by atoms with E-state index in [1.165, 1.54) is 11.1 Å². The summed E-state index contributed by atoms with van der Waals surface area (Å²) in [6, 6.07) is 15.6. The van der Waals surface area contributed by atoms with Crippen molar-refractivity contribution in [2.45, 2.75) is 6.42 Å². The van der Waals surface area contributed by atoms with Gasteiger partial charge in [0, 0.05) is 18.7 Å². The van der Waals surface area contributed by atoms with Gasteiger partial charge in [-0.25, -0.2) is 0 Å². The van der Waals surface area contributed by atoms with Gasteiger partial charge in [-0.15, -0.1) is 0 Å². The fraction of sp³-hybridized carbons (Fsp3) is 0.250. The first-order valence-electron chi connectivity index (χ1n) is 7.98. The van der Waals surface area contributed by atoms with Crippen molar-refractivity contribution >= 4 is 11.5 Å². The molecule has 0 N–H and O–H groups in total. The standard InChI is InChI=1S/C20H21NO3/c1-23-18-9-8-17(14-19(18)24-2)20(22)21-12-10-16(11-13-21)15-6-4-3-5-7-15/h3-10,14H,11-13H2,1-2H3. The fourth-order valence-electron chi connectivity index (χ4n) is 2.92. The number of hydrogen-bond acceptors (Lipinski definition) is 3. The van der Waals surface area contributed by atoms with Gasteiger partial charge in [-0.05, 0) is 35.8 Å². The van der Waals surface area contributed by atoms with Crippen LogP contribution in [0.25, 0.3) is 5.57 Å². The Morgan fingerprint density at radius 1 is 1.00 bits per heavy atom. The van der Waals surface area contributed by atoms with Crippen LogP contribution >= 0.6 is 0 Å². The van der Waals surface area contributed by atoms with E-state index in [0.29, 0.717) is 30.2 Å². The zero-order chi connectivity index (χ0) is 16.9. The molecule has 2 aromatic rings. The second-order valence-electron chi connectivity index (χ2n) is 5.67. The van der Waals surface area contributed by atoms with Gasteiger partial charge in [0.1, 0.15) is 0 Å². The molecular formula is C20H21NO3. The molecule has 0 unspecified atom stereocenters. The number of nitrogens with zero attached hydrogens (tertiary/aromatic N) is 1. The monoisotopic (exact) mass is 323 g/mol. The number of methoxy groups -OCH3 is 2. The number of amides is 1. The molecule has 0 spiro atoms. The Balaban J connectivity index is 1.74. The van der Waals surface area contributed by atoms with Gasteiger partial charge in [0.15, 0.2) is 11.5 Å². The van der Waals surface area contributed by atoms with Crippen LogP contribution in [0.4, 0.5) is 0 Å². The molecule has 1 amide bonds. The average Bonchev–Trinajstić information content (AvgIpc) is 2.67. The highest BCUT2D eigenvalue weighted by molar-refractivity contribution is 5.95. The maximum atomic E-state index is 12.7. The van der Waals surface area contributed by atoms with Gasteiger partial charge in [0.25, 0.3) is 5.91 Å². The number of ether oxygens (including phenoxy) is 2. The smallest absolute Gasteiger partial charge is 0.254 e. The third-order valence-electron chi connectivity index (χ3n) is 4.27. The van der Waals surface area contributed by atoms with Crippen LogP contribution in [-0.2, 0) is 0 Å². The van der Waals surface area contributed by atoms with Crippen molar-refractivity contribution in [2.75, 3.05) is 27.3 Å². The molecule has 2 aromatic carbocycles. The summed E-state index contributed by atoms with van der Waals surface area (Å²) in [5.74, 6) is 1.21. The fourth-order valence-corrected chi connectivity index (χ4v) is 2.92. The largest absolute Gasteiger partial charge is 0.493 e. The molecule has 124 valence electrons. The Labute approximate surface area is 142 Å². The summed E-state index contributed by atoms with van der Waals surface area (Å²) in [5.41, 5.74) is 3.15. The van der Waals surface area contributed by atoms with Crippen molar-refractivity contribution in [1.29, 1.82) is 0 Å². The molecule has 0 radical (unpaired) electrons. The van der Waals surface area contributed by atoms with Gasteiger partial charge in [0.2, 0.25) is 0 Å².